The van der Waals surface area contributed by atoms with E-state index in [-0.39, 0.29) is 10.8 Å². The number of hydrogen-bond donors (Lipinski definition) is 0. The van der Waals surface area contributed by atoms with Gasteiger partial charge in [-0.05, 0) is 31.2 Å². The van der Waals surface area contributed by atoms with Crippen LogP contribution in [0.4, 0.5) is 10.2 Å². The van der Waals surface area contributed by atoms with E-state index in [0.29, 0.717) is 18.9 Å². The first-order chi connectivity index (χ1) is 15.8. The number of aromatic nitrogens is 4. The van der Waals surface area contributed by atoms with Crippen LogP contribution in [0.25, 0.3) is 11.3 Å². The van der Waals surface area contributed by atoms with Gasteiger partial charge in [0, 0.05) is 77.5 Å². The molecule has 0 amide bonds. The van der Waals surface area contributed by atoms with Gasteiger partial charge in [0.1, 0.15) is 17.3 Å². The maximum Gasteiger partial charge on any atom is 0.261 e. The molecule has 0 unspecified atom stereocenters. The molecular weight excluding hydrogens is 445 g/mol. The first-order valence-corrected chi connectivity index (χ1v) is 12.2. The van der Waals surface area contributed by atoms with Crippen LogP contribution in [-0.4, -0.2) is 83.5 Å². The second-order valence-corrected chi connectivity index (χ2v) is 10.1. The highest BCUT2D eigenvalue weighted by molar-refractivity contribution is 7.89. The number of aryl methyl sites for hydroxylation is 2. The molecule has 0 bridgehead atoms. The van der Waals surface area contributed by atoms with Gasteiger partial charge >= 0.3 is 0 Å². The molecule has 0 saturated carbocycles. The van der Waals surface area contributed by atoms with Crippen molar-refractivity contribution in [3.05, 3.63) is 54.5 Å². The number of likely N-dealkylation sites (N-methyl/N-ethyl adjacent to an activating group) is 1. The number of rotatable bonds is 7. The van der Waals surface area contributed by atoms with Gasteiger partial charge in [-0.2, -0.15) is 4.31 Å². The molecule has 1 fully saturated rings. The van der Waals surface area contributed by atoms with Gasteiger partial charge in [-0.25, -0.2) is 22.8 Å². The predicted molar refractivity (Wildman–Crippen MR) is 124 cm³/mol. The molecule has 3 heterocycles. The third-order valence-corrected chi connectivity index (χ3v) is 7.69. The summed E-state index contributed by atoms with van der Waals surface area (Å²) in [5, 5.41) is 0.0748. The molecule has 0 aliphatic carbocycles. The molecule has 0 N–H and O–H groups in total. The van der Waals surface area contributed by atoms with E-state index in [1.54, 1.807) is 56.3 Å². The van der Waals surface area contributed by atoms with Crippen molar-refractivity contribution in [1.29, 1.82) is 0 Å². The van der Waals surface area contributed by atoms with Gasteiger partial charge < -0.3 is 9.47 Å². The van der Waals surface area contributed by atoms with Crippen molar-refractivity contribution in [3.63, 3.8) is 0 Å². The fourth-order valence-electron chi connectivity index (χ4n) is 3.77. The van der Waals surface area contributed by atoms with E-state index < -0.39 is 10.0 Å². The number of imidazole rings is 1. The zero-order valence-corrected chi connectivity index (χ0v) is 19.8. The number of nitrogens with zero attached hydrogens (tertiary/aromatic N) is 7. The summed E-state index contributed by atoms with van der Waals surface area (Å²) in [4.78, 5) is 17.6. The fourth-order valence-corrected chi connectivity index (χ4v) is 4.95. The Kier molecular flexibility index (Phi) is 6.73. The Hall–Kier alpha value is -2.89. The lowest BCUT2D eigenvalue weighted by molar-refractivity contribution is 0.243. The molecule has 1 aliphatic rings. The molecule has 176 valence electrons. The Morgan fingerprint density at radius 1 is 1.06 bits per heavy atom. The zero-order valence-electron chi connectivity index (χ0n) is 19.0. The predicted octanol–water partition coefficient (Wildman–Crippen LogP) is 1.77. The van der Waals surface area contributed by atoms with Crippen LogP contribution in [-0.2, 0) is 17.1 Å². The summed E-state index contributed by atoms with van der Waals surface area (Å²) in [6.45, 7) is 5.80. The summed E-state index contributed by atoms with van der Waals surface area (Å²) >= 11 is 0. The highest BCUT2D eigenvalue weighted by Crippen LogP contribution is 2.27. The maximum absolute atomic E-state index is 13.3. The number of piperazine rings is 1. The maximum atomic E-state index is 13.3. The summed E-state index contributed by atoms with van der Waals surface area (Å²) in [7, 11) is -0.251. The first-order valence-electron chi connectivity index (χ1n) is 10.8. The van der Waals surface area contributed by atoms with Crippen molar-refractivity contribution < 1.29 is 12.8 Å². The lowest BCUT2D eigenvalue weighted by Crippen LogP contribution is -2.49. The monoisotopic (exact) mass is 473 g/mol. The van der Waals surface area contributed by atoms with Crippen LogP contribution in [0.5, 0.6) is 0 Å². The molecule has 1 saturated heterocycles. The highest BCUT2D eigenvalue weighted by Gasteiger charge is 2.26. The largest absolute Gasteiger partial charge is 0.352 e. The number of anilines is 1. The molecule has 0 atom stereocenters. The standard InChI is InChI=1S/C22H28FN7O2S/c1-17-26-20(16-27(17)2)33(31,32)28(3)10-11-29-12-14-30(15-13-29)22-21(24-8-9-25-22)18-4-6-19(23)7-5-18/h4-9,16H,10-15H2,1-3H3. The lowest BCUT2D eigenvalue weighted by Gasteiger charge is -2.36. The molecule has 33 heavy (non-hydrogen) atoms. The highest BCUT2D eigenvalue weighted by atomic mass is 32.2. The van der Waals surface area contributed by atoms with Crippen LogP contribution < -0.4 is 4.90 Å². The SMILES string of the molecule is Cc1nc(S(=O)(=O)N(C)CCN2CCN(c3nccnc3-c3ccc(F)cc3)CC2)cn1C. The molecule has 1 aliphatic heterocycles. The van der Waals surface area contributed by atoms with E-state index in [1.807, 2.05) is 0 Å². The Labute approximate surface area is 193 Å². The van der Waals surface area contributed by atoms with Crippen LogP contribution >= 0.6 is 0 Å². The first kappa shape index (κ1) is 23.3. The van der Waals surface area contributed by atoms with Gasteiger partial charge in [0.05, 0.1) is 0 Å². The van der Waals surface area contributed by atoms with E-state index in [0.717, 1.165) is 43.3 Å². The molecule has 4 rings (SSSR count). The fraction of sp³-hybridized carbons (Fsp3) is 0.409. The van der Waals surface area contributed by atoms with Crippen molar-refractivity contribution in [2.75, 3.05) is 51.2 Å². The van der Waals surface area contributed by atoms with Crippen molar-refractivity contribution in [2.45, 2.75) is 11.9 Å². The lowest BCUT2D eigenvalue weighted by atomic mass is 10.1. The second kappa shape index (κ2) is 9.54. The minimum absolute atomic E-state index is 0.0748. The summed E-state index contributed by atoms with van der Waals surface area (Å²) in [6, 6.07) is 6.25. The van der Waals surface area contributed by atoms with Crippen molar-refractivity contribution >= 4 is 15.8 Å². The summed E-state index contributed by atoms with van der Waals surface area (Å²) in [6.07, 6.45) is 4.84. The van der Waals surface area contributed by atoms with Crippen LogP contribution in [0.3, 0.4) is 0 Å². The number of benzene rings is 1. The molecular formula is C22H28FN7O2S. The topological polar surface area (TPSA) is 87.5 Å². The minimum atomic E-state index is -3.62. The Bertz CT molecular complexity index is 1190. The van der Waals surface area contributed by atoms with Gasteiger partial charge in [-0.1, -0.05) is 0 Å². The third-order valence-electron chi connectivity index (χ3n) is 5.96. The smallest absolute Gasteiger partial charge is 0.261 e. The van der Waals surface area contributed by atoms with E-state index >= 15 is 0 Å². The average molecular weight is 474 g/mol. The Balaban J connectivity index is 1.36. The molecule has 2 aromatic heterocycles. The second-order valence-electron chi connectivity index (χ2n) is 8.13. The molecule has 3 aromatic rings. The summed E-state index contributed by atoms with van der Waals surface area (Å²) in [5.41, 5.74) is 1.54. The number of hydrogen-bond acceptors (Lipinski definition) is 7. The minimum Gasteiger partial charge on any atom is -0.352 e. The average Bonchev–Trinajstić information content (AvgIpc) is 3.17. The van der Waals surface area contributed by atoms with Crippen LogP contribution in [0.1, 0.15) is 5.82 Å². The Morgan fingerprint density at radius 3 is 2.36 bits per heavy atom. The molecule has 0 spiro atoms. The van der Waals surface area contributed by atoms with Gasteiger partial charge in [-0.3, -0.25) is 9.88 Å². The quantitative estimate of drug-likeness (QED) is 0.517. The molecule has 1 aromatic carbocycles. The summed E-state index contributed by atoms with van der Waals surface area (Å²) < 4.78 is 42.0. The van der Waals surface area contributed by atoms with E-state index in [1.165, 1.54) is 16.4 Å². The van der Waals surface area contributed by atoms with Crippen molar-refractivity contribution in [1.82, 2.24) is 28.7 Å². The summed E-state index contributed by atoms with van der Waals surface area (Å²) in [5.74, 6) is 1.14. The van der Waals surface area contributed by atoms with E-state index in [2.05, 4.69) is 24.8 Å². The van der Waals surface area contributed by atoms with E-state index in [9.17, 15) is 12.8 Å². The molecule has 11 heteroatoms. The van der Waals surface area contributed by atoms with Crippen molar-refractivity contribution in [3.8, 4) is 11.3 Å². The van der Waals surface area contributed by atoms with Gasteiger partial charge in [0.2, 0.25) is 0 Å². The van der Waals surface area contributed by atoms with Gasteiger partial charge in [0.25, 0.3) is 10.0 Å². The van der Waals surface area contributed by atoms with E-state index in [4.69, 9.17) is 0 Å². The van der Waals surface area contributed by atoms with Crippen LogP contribution in [0.15, 0.2) is 47.9 Å². The number of sulfonamides is 1. The molecule has 9 nitrogen and oxygen atoms in total. The van der Waals surface area contributed by atoms with Crippen LogP contribution in [0.2, 0.25) is 0 Å². The third kappa shape index (κ3) is 5.05. The normalized spacial score (nSPS) is 15.4. The van der Waals surface area contributed by atoms with Crippen molar-refractivity contribution in [2.24, 2.45) is 7.05 Å². The van der Waals surface area contributed by atoms with Crippen LogP contribution in [0, 0.1) is 12.7 Å². The number of halogens is 1. The van der Waals surface area contributed by atoms with Gasteiger partial charge in [-0.15, -0.1) is 0 Å². The zero-order chi connectivity index (χ0) is 23.6. The Morgan fingerprint density at radius 2 is 1.73 bits per heavy atom. The van der Waals surface area contributed by atoms with Gasteiger partial charge in [0.15, 0.2) is 10.8 Å². The molecule has 0 radical (unpaired) electrons.